The van der Waals surface area contributed by atoms with Gasteiger partial charge in [-0.2, -0.15) is 0 Å². The molecule has 0 radical (unpaired) electrons. The molecule has 34 heavy (non-hydrogen) atoms. The number of carbonyl (C=O) groups is 2. The molecular weight excluding hydrogens is 442 g/mol. The van der Waals surface area contributed by atoms with Crippen molar-refractivity contribution in [3.63, 3.8) is 0 Å². The Morgan fingerprint density at radius 1 is 1.06 bits per heavy atom. The lowest BCUT2D eigenvalue weighted by molar-refractivity contribution is -0.135. The minimum absolute atomic E-state index is 0.0505. The molecule has 0 spiro atoms. The van der Waals surface area contributed by atoms with Crippen molar-refractivity contribution in [3.8, 4) is 10.6 Å². The van der Waals surface area contributed by atoms with Crippen LogP contribution in [0.2, 0.25) is 0 Å². The fourth-order valence-electron chi connectivity index (χ4n) is 4.47. The molecule has 1 saturated heterocycles. The molecule has 5 nitrogen and oxygen atoms in total. The molecule has 1 fully saturated rings. The van der Waals surface area contributed by atoms with E-state index in [9.17, 15) is 9.59 Å². The van der Waals surface area contributed by atoms with Crippen molar-refractivity contribution < 1.29 is 9.59 Å². The normalized spacial score (nSPS) is 15.2. The van der Waals surface area contributed by atoms with E-state index >= 15 is 0 Å². The highest BCUT2D eigenvalue weighted by atomic mass is 32.1. The molecule has 1 unspecified atom stereocenters. The minimum Gasteiger partial charge on any atom is -0.348 e. The van der Waals surface area contributed by atoms with E-state index in [2.05, 4.69) is 48.6 Å². The number of benzene rings is 2. The van der Waals surface area contributed by atoms with Gasteiger partial charge in [0.25, 0.3) is 0 Å². The molecule has 0 bridgehead atoms. The summed E-state index contributed by atoms with van der Waals surface area (Å²) in [6.07, 6.45) is 2.71. The monoisotopic (exact) mass is 475 g/mol. The zero-order chi connectivity index (χ0) is 24.1. The van der Waals surface area contributed by atoms with Gasteiger partial charge >= 0.3 is 0 Å². The number of nitrogens with zero attached hydrogens (tertiary/aromatic N) is 2. The van der Waals surface area contributed by atoms with Crippen LogP contribution >= 0.6 is 11.3 Å². The summed E-state index contributed by atoms with van der Waals surface area (Å²) in [6, 6.07) is 18.4. The third-order valence-corrected chi connectivity index (χ3v) is 7.96. The van der Waals surface area contributed by atoms with Gasteiger partial charge in [0, 0.05) is 31.0 Å². The van der Waals surface area contributed by atoms with Crippen LogP contribution in [0.25, 0.3) is 10.6 Å². The first-order valence-corrected chi connectivity index (χ1v) is 12.9. The van der Waals surface area contributed by atoms with Gasteiger partial charge in [0.2, 0.25) is 11.8 Å². The highest BCUT2D eigenvalue weighted by Gasteiger charge is 2.28. The summed E-state index contributed by atoms with van der Waals surface area (Å²) >= 11 is 1.64. The summed E-state index contributed by atoms with van der Waals surface area (Å²) in [6.45, 7) is 7.41. The van der Waals surface area contributed by atoms with Crippen LogP contribution in [-0.2, 0) is 16.0 Å². The van der Waals surface area contributed by atoms with Crippen LogP contribution in [0, 0.1) is 19.8 Å². The van der Waals surface area contributed by atoms with E-state index < -0.39 is 0 Å². The fourth-order valence-corrected chi connectivity index (χ4v) is 5.55. The number of carbonyl (C=O) groups excluding carboxylic acids is 2. The molecule has 2 amide bonds. The van der Waals surface area contributed by atoms with Crippen molar-refractivity contribution in [3.05, 3.63) is 76.3 Å². The van der Waals surface area contributed by atoms with Crippen molar-refractivity contribution in [2.24, 2.45) is 5.92 Å². The second-order valence-corrected chi connectivity index (χ2v) is 10.2. The maximum atomic E-state index is 13.0. The van der Waals surface area contributed by atoms with E-state index in [0.717, 1.165) is 27.6 Å². The van der Waals surface area contributed by atoms with Gasteiger partial charge < -0.3 is 10.2 Å². The van der Waals surface area contributed by atoms with Crippen LogP contribution in [0.15, 0.2) is 54.6 Å². The van der Waals surface area contributed by atoms with Crippen LogP contribution in [-0.4, -0.2) is 34.8 Å². The van der Waals surface area contributed by atoms with Gasteiger partial charge in [0.1, 0.15) is 5.01 Å². The molecule has 2 aromatic carbocycles. The Bertz CT molecular complexity index is 1120. The third-order valence-electron chi connectivity index (χ3n) is 6.57. The first-order chi connectivity index (χ1) is 16.4. The van der Waals surface area contributed by atoms with Crippen LogP contribution in [0.1, 0.15) is 53.9 Å². The van der Waals surface area contributed by atoms with Gasteiger partial charge in [-0.05, 0) is 45.6 Å². The standard InChI is InChI=1S/C28H33N3O2S/c1-19-9-12-24(13-10-19)28-30-21(3)26(34-28)20(2)29-27(33)23-15-17-31(18-16-23)25(32)14-11-22-7-5-4-6-8-22/h4-10,12-13,20,23H,11,14-18H2,1-3H3,(H,29,33). The second-order valence-electron chi connectivity index (χ2n) is 9.21. The lowest BCUT2D eigenvalue weighted by Gasteiger charge is -2.32. The number of hydrogen-bond acceptors (Lipinski definition) is 4. The summed E-state index contributed by atoms with van der Waals surface area (Å²) in [5, 5.41) is 4.18. The Labute approximate surface area is 206 Å². The van der Waals surface area contributed by atoms with E-state index in [0.29, 0.717) is 32.4 Å². The van der Waals surface area contributed by atoms with Gasteiger partial charge in [0.15, 0.2) is 0 Å². The highest BCUT2D eigenvalue weighted by molar-refractivity contribution is 7.15. The van der Waals surface area contributed by atoms with Gasteiger partial charge in [-0.25, -0.2) is 4.98 Å². The maximum Gasteiger partial charge on any atom is 0.223 e. The van der Waals surface area contributed by atoms with Crippen LogP contribution < -0.4 is 5.32 Å². The SMILES string of the molecule is Cc1ccc(-c2nc(C)c(C(C)NC(=O)C3CCN(C(=O)CCc4ccccc4)CC3)s2)cc1. The summed E-state index contributed by atoms with van der Waals surface area (Å²) in [7, 11) is 0. The Kier molecular flexibility index (Phi) is 7.78. The molecule has 1 N–H and O–H groups in total. The Morgan fingerprint density at radius 3 is 2.41 bits per heavy atom. The maximum absolute atomic E-state index is 13.0. The summed E-state index contributed by atoms with van der Waals surface area (Å²) in [5.74, 6) is 0.207. The second kappa shape index (κ2) is 11.0. The van der Waals surface area contributed by atoms with E-state index in [-0.39, 0.29) is 23.8 Å². The first-order valence-electron chi connectivity index (χ1n) is 12.1. The Hall–Kier alpha value is -2.99. The zero-order valence-corrected chi connectivity index (χ0v) is 21.0. The zero-order valence-electron chi connectivity index (χ0n) is 20.2. The lowest BCUT2D eigenvalue weighted by atomic mass is 9.95. The molecule has 0 saturated carbocycles. The van der Waals surface area contributed by atoms with Crippen molar-refractivity contribution in [2.75, 3.05) is 13.1 Å². The molecule has 4 rings (SSSR count). The van der Waals surface area contributed by atoms with Crippen molar-refractivity contribution in [1.82, 2.24) is 15.2 Å². The van der Waals surface area contributed by atoms with Gasteiger partial charge in [-0.1, -0.05) is 60.2 Å². The topological polar surface area (TPSA) is 62.3 Å². The molecule has 1 aromatic heterocycles. The van der Waals surface area contributed by atoms with Gasteiger partial charge in [-0.3, -0.25) is 9.59 Å². The number of likely N-dealkylation sites (tertiary alicyclic amines) is 1. The molecule has 1 atom stereocenters. The molecule has 178 valence electrons. The predicted octanol–water partition coefficient (Wildman–Crippen LogP) is 5.48. The number of thiazole rings is 1. The van der Waals surface area contributed by atoms with Crippen LogP contribution in [0.3, 0.4) is 0 Å². The largest absolute Gasteiger partial charge is 0.348 e. The molecular formula is C28H33N3O2S. The Balaban J connectivity index is 1.27. The first kappa shape index (κ1) is 24.1. The molecule has 3 aromatic rings. The highest BCUT2D eigenvalue weighted by Crippen LogP contribution is 2.32. The fraction of sp³-hybridized carbons (Fsp3) is 0.393. The van der Waals surface area contributed by atoms with E-state index in [1.165, 1.54) is 11.1 Å². The van der Waals surface area contributed by atoms with Gasteiger partial charge in [-0.15, -0.1) is 11.3 Å². The molecule has 1 aliphatic heterocycles. The van der Waals surface area contributed by atoms with E-state index in [4.69, 9.17) is 4.98 Å². The van der Waals surface area contributed by atoms with E-state index in [1.54, 1.807) is 11.3 Å². The van der Waals surface area contributed by atoms with Crippen LogP contribution in [0.4, 0.5) is 0 Å². The number of piperidine rings is 1. The summed E-state index contributed by atoms with van der Waals surface area (Å²) in [4.78, 5) is 33.3. The third kappa shape index (κ3) is 5.92. The lowest BCUT2D eigenvalue weighted by Crippen LogP contribution is -2.43. The van der Waals surface area contributed by atoms with E-state index in [1.807, 2.05) is 36.9 Å². The Morgan fingerprint density at radius 2 is 1.74 bits per heavy atom. The summed E-state index contributed by atoms with van der Waals surface area (Å²) in [5.41, 5.74) is 4.48. The van der Waals surface area contributed by atoms with Gasteiger partial charge in [0.05, 0.1) is 16.6 Å². The van der Waals surface area contributed by atoms with Crippen molar-refractivity contribution in [1.29, 1.82) is 0 Å². The summed E-state index contributed by atoms with van der Waals surface area (Å²) < 4.78 is 0. The van der Waals surface area contributed by atoms with Crippen molar-refractivity contribution >= 4 is 23.2 Å². The number of hydrogen-bond donors (Lipinski definition) is 1. The smallest absolute Gasteiger partial charge is 0.223 e. The number of rotatable bonds is 7. The average Bonchev–Trinajstić information content (AvgIpc) is 3.25. The molecule has 0 aliphatic carbocycles. The molecule has 1 aliphatic rings. The molecule has 2 heterocycles. The number of aryl methyl sites for hydroxylation is 3. The quantitative estimate of drug-likeness (QED) is 0.492. The number of nitrogens with one attached hydrogen (secondary N) is 1. The van der Waals surface area contributed by atoms with Crippen molar-refractivity contribution in [2.45, 2.75) is 52.5 Å². The number of amides is 2. The average molecular weight is 476 g/mol. The number of aromatic nitrogens is 1. The predicted molar refractivity (Wildman–Crippen MR) is 138 cm³/mol. The molecule has 6 heteroatoms. The van der Waals surface area contributed by atoms with Crippen LogP contribution in [0.5, 0.6) is 0 Å². The minimum atomic E-state index is -0.0882.